The predicted octanol–water partition coefficient (Wildman–Crippen LogP) is -2.39. The second kappa shape index (κ2) is 8.89. The standard InChI is InChI=1S/C19H27N5O9/c1-7-4-23(12-2-8(27)10(5-25)32-12)18(30)21-14(7)15-16(29)17(20)22-19(31)24(15)13-3-9(28)11(6-26)33-13/h4,8-14,25-29H,2-3,5-6H2,1H3,(H,21,30)(H2,20,22,31)/t8-,9-,10+,11+,12+,13+,14?/m0/s1. The first-order valence-corrected chi connectivity index (χ1v) is 10.4. The van der Waals surface area contributed by atoms with Crippen molar-refractivity contribution in [1.82, 2.24) is 19.8 Å². The molecule has 2 fully saturated rings. The molecule has 0 bridgehead atoms. The molecule has 2 saturated heterocycles. The van der Waals surface area contributed by atoms with Crippen LogP contribution in [-0.2, 0) is 9.47 Å². The smallest absolute Gasteiger partial charge is 0.352 e. The molecule has 7 atom stereocenters. The lowest BCUT2D eigenvalue weighted by Crippen LogP contribution is -2.49. The molecule has 0 radical (unpaired) electrons. The highest BCUT2D eigenvalue weighted by Crippen LogP contribution is 2.38. The zero-order chi connectivity index (χ0) is 24.0. The number of aliphatic hydroxyl groups is 4. The summed E-state index contributed by atoms with van der Waals surface area (Å²) in [5.41, 5.74) is 5.23. The summed E-state index contributed by atoms with van der Waals surface area (Å²) < 4.78 is 12.1. The molecule has 2 amide bonds. The van der Waals surface area contributed by atoms with Crippen LogP contribution in [0.1, 0.15) is 37.7 Å². The maximum absolute atomic E-state index is 12.9. The number of aromatic nitrogens is 2. The van der Waals surface area contributed by atoms with E-state index in [0.717, 1.165) is 4.57 Å². The van der Waals surface area contributed by atoms with E-state index in [1.54, 1.807) is 6.92 Å². The lowest BCUT2D eigenvalue weighted by molar-refractivity contribution is -0.0549. The van der Waals surface area contributed by atoms with Gasteiger partial charge < -0.3 is 46.1 Å². The Hall–Kier alpha value is -2.75. The van der Waals surface area contributed by atoms with Crippen molar-refractivity contribution in [3.63, 3.8) is 0 Å². The quantitative estimate of drug-likeness (QED) is 0.242. The molecule has 0 spiro atoms. The largest absolute Gasteiger partial charge is 0.503 e. The number of rotatable bonds is 5. The number of nitrogens with one attached hydrogen (secondary N) is 1. The summed E-state index contributed by atoms with van der Waals surface area (Å²) in [6, 6.07) is -1.66. The number of carbonyl (C=O) groups is 1. The third-order valence-corrected chi connectivity index (χ3v) is 6.11. The van der Waals surface area contributed by atoms with Crippen molar-refractivity contribution in [1.29, 1.82) is 0 Å². The lowest BCUT2D eigenvalue weighted by Gasteiger charge is -2.35. The van der Waals surface area contributed by atoms with E-state index in [-0.39, 0.29) is 18.5 Å². The van der Waals surface area contributed by atoms with Crippen LogP contribution in [0.4, 0.5) is 10.6 Å². The molecular formula is C19H27N5O9. The molecule has 33 heavy (non-hydrogen) atoms. The van der Waals surface area contributed by atoms with Gasteiger partial charge in [0.15, 0.2) is 11.6 Å². The van der Waals surface area contributed by atoms with Crippen molar-refractivity contribution in [3.05, 3.63) is 28.0 Å². The van der Waals surface area contributed by atoms with Gasteiger partial charge in [-0.05, 0) is 12.5 Å². The number of carbonyl (C=O) groups excluding carboxylic acids is 1. The molecule has 1 aromatic heterocycles. The summed E-state index contributed by atoms with van der Waals surface area (Å²) in [7, 11) is 0. The van der Waals surface area contributed by atoms with E-state index in [1.165, 1.54) is 11.1 Å². The van der Waals surface area contributed by atoms with Gasteiger partial charge in [0, 0.05) is 19.0 Å². The Bertz CT molecular complexity index is 1010. The van der Waals surface area contributed by atoms with Crippen molar-refractivity contribution >= 4 is 11.8 Å². The second-order valence-electron chi connectivity index (χ2n) is 8.28. The van der Waals surface area contributed by atoms with E-state index < -0.39 is 79.4 Å². The highest BCUT2D eigenvalue weighted by Gasteiger charge is 2.43. The molecule has 14 nitrogen and oxygen atoms in total. The molecule has 0 aliphatic carbocycles. The van der Waals surface area contributed by atoms with Gasteiger partial charge in [0.1, 0.15) is 24.7 Å². The number of ether oxygens (including phenoxy) is 2. The molecule has 4 heterocycles. The SMILES string of the molecule is CC1=CN([C@H]2C[C@H](O)[C@@H](CO)O2)C(=O)NC1c1c(O)c(N)nc(=O)n1[C@H]1C[C@H](O)[C@@H](CO)O1. The maximum atomic E-state index is 12.9. The van der Waals surface area contributed by atoms with Gasteiger partial charge in [-0.1, -0.05) is 0 Å². The molecule has 8 N–H and O–H groups in total. The highest BCUT2D eigenvalue weighted by atomic mass is 16.5. The van der Waals surface area contributed by atoms with Gasteiger partial charge in [-0.15, -0.1) is 0 Å². The van der Waals surface area contributed by atoms with Crippen molar-refractivity contribution in [2.75, 3.05) is 18.9 Å². The number of nitrogen functional groups attached to an aromatic ring is 1. The first kappa shape index (κ1) is 23.4. The van der Waals surface area contributed by atoms with Crippen LogP contribution in [0, 0.1) is 0 Å². The average molecular weight is 469 g/mol. The minimum Gasteiger partial charge on any atom is -0.503 e. The molecule has 3 aliphatic rings. The van der Waals surface area contributed by atoms with Gasteiger partial charge in [0.05, 0.1) is 37.2 Å². The summed E-state index contributed by atoms with van der Waals surface area (Å²) in [5, 5.41) is 52.1. The van der Waals surface area contributed by atoms with Crippen molar-refractivity contribution in [2.45, 2.75) is 62.7 Å². The van der Waals surface area contributed by atoms with Crippen LogP contribution in [0.3, 0.4) is 0 Å². The molecule has 0 aromatic carbocycles. The second-order valence-corrected chi connectivity index (χ2v) is 8.28. The third-order valence-electron chi connectivity index (χ3n) is 6.11. The minimum absolute atomic E-state index is 0.0604. The van der Waals surface area contributed by atoms with Gasteiger partial charge in [-0.3, -0.25) is 9.47 Å². The molecule has 0 saturated carbocycles. The molecule has 1 aromatic rings. The summed E-state index contributed by atoms with van der Waals surface area (Å²) in [4.78, 5) is 30.4. The van der Waals surface area contributed by atoms with Crippen molar-refractivity contribution < 1.29 is 39.8 Å². The van der Waals surface area contributed by atoms with Gasteiger partial charge in [-0.2, -0.15) is 4.98 Å². The number of nitrogens with two attached hydrogens (primary N) is 1. The summed E-state index contributed by atoms with van der Waals surface area (Å²) in [6.45, 7) is 0.751. The number of hydrogen-bond donors (Lipinski definition) is 7. The maximum Gasteiger partial charge on any atom is 0.352 e. The van der Waals surface area contributed by atoms with Crippen molar-refractivity contribution in [3.8, 4) is 5.75 Å². The van der Waals surface area contributed by atoms with Crippen LogP contribution >= 0.6 is 0 Å². The van der Waals surface area contributed by atoms with E-state index in [0.29, 0.717) is 5.57 Å². The van der Waals surface area contributed by atoms with Crippen molar-refractivity contribution in [2.24, 2.45) is 0 Å². The molecule has 3 aliphatic heterocycles. The number of aromatic hydroxyl groups is 1. The van der Waals surface area contributed by atoms with Gasteiger partial charge in [-0.25, -0.2) is 9.59 Å². The highest BCUT2D eigenvalue weighted by molar-refractivity contribution is 5.78. The average Bonchev–Trinajstić information content (AvgIpc) is 3.33. The Kier molecular flexibility index (Phi) is 6.30. The Morgan fingerprint density at radius 3 is 2.27 bits per heavy atom. The number of hydrogen-bond acceptors (Lipinski definition) is 11. The molecule has 14 heteroatoms. The number of anilines is 1. The Morgan fingerprint density at radius 2 is 1.70 bits per heavy atom. The van der Waals surface area contributed by atoms with Crippen LogP contribution in [0.25, 0.3) is 0 Å². The lowest BCUT2D eigenvalue weighted by atomic mass is 10.0. The number of nitrogens with zero attached hydrogens (tertiary/aromatic N) is 3. The summed E-state index contributed by atoms with van der Waals surface area (Å²) >= 11 is 0. The van der Waals surface area contributed by atoms with E-state index in [1.807, 2.05) is 0 Å². The fourth-order valence-electron chi connectivity index (χ4n) is 4.36. The van der Waals surface area contributed by atoms with E-state index in [9.17, 15) is 35.1 Å². The Balaban J connectivity index is 1.71. The van der Waals surface area contributed by atoms with Gasteiger partial charge in [0.2, 0.25) is 0 Å². The number of aliphatic hydroxyl groups excluding tert-OH is 4. The van der Waals surface area contributed by atoms with E-state index in [2.05, 4.69) is 10.3 Å². The number of amides is 2. The first-order valence-electron chi connectivity index (χ1n) is 10.4. The monoisotopic (exact) mass is 469 g/mol. The number of urea groups is 1. The van der Waals surface area contributed by atoms with Crippen LogP contribution in [0.15, 0.2) is 16.6 Å². The summed E-state index contributed by atoms with van der Waals surface area (Å²) in [6.07, 6.45) is -4.19. The Labute approximate surface area is 187 Å². The fraction of sp³-hybridized carbons (Fsp3) is 0.632. The molecule has 182 valence electrons. The minimum atomic E-state index is -1.07. The fourth-order valence-corrected chi connectivity index (χ4v) is 4.36. The Morgan fingerprint density at radius 1 is 1.12 bits per heavy atom. The van der Waals surface area contributed by atoms with E-state index >= 15 is 0 Å². The molecule has 1 unspecified atom stereocenters. The third kappa shape index (κ3) is 4.05. The molecule has 4 rings (SSSR count). The van der Waals surface area contributed by atoms with Gasteiger partial charge >= 0.3 is 11.7 Å². The first-order chi connectivity index (χ1) is 15.7. The van der Waals surface area contributed by atoms with Gasteiger partial charge in [0.25, 0.3) is 0 Å². The topological polar surface area (TPSA) is 213 Å². The normalized spacial score (nSPS) is 34.5. The van der Waals surface area contributed by atoms with Crippen LogP contribution < -0.4 is 16.7 Å². The van der Waals surface area contributed by atoms with Crippen LogP contribution in [0.2, 0.25) is 0 Å². The van der Waals surface area contributed by atoms with Crippen LogP contribution in [-0.4, -0.2) is 89.9 Å². The zero-order valence-corrected chi connectivity index (χ0v) is 17.7. The predicted molar refractivity (Wildman–Crippen MR) is 109 cm³/mol. The van der Waals surface area contributed by atoms with Crippen LogP contribution in [0.5, 0.6) is 5.75 Å². The molecular weight excluding hydrogens is 442 g/mol. The zero-order valence-electron chi connectivity index (χ0n) is 17.7. The summed E-state index contributed by atoms with van der Waals surface area (Å²) in [5.74, 6) is -0.986. The van der Waals surface area contributed by atoms with E-state index in [4.69, 9.17) is 15.2 Å².